The van der Waals surface area contributed by atoms with E-state index in [4.69, 9.17) is 0 Å². The van der Waals surface area contributed by atoms with E-state index in [1.807, 2.05) is 0 Å². The Kier molecular flexibility index (Phi) is 2.64. The zero-order valence-corrected chi connectivity index (χ0v) is 9.84. The molecule has 17 heavy (non-hydrogen) atoms. The van der Waals surface area contributed by atoms with Crippen molar-refractivity contribution in [1.82, 2.24) is 9.78 Å². The molecule has 0 amide bonds. The van der Waals surface area contributed by atoms with E-state index in [0.717, 1.165) is 5.39 Å². The minimum absolute atomic E-state index is 0.170. The molecule has 2 nitrogen and oxygen atoms in total. The van der Waals surface area contributed by atoms with Crippen LogP contribution in [0.2, 0.25) is 0 Å². The number of hydrogen-bond acceptors (Lipinski definition) is 1. The summed E-state index contributed by atoms with van der Waals surface area (Å²) < 4.78 is 40.3. The molecule has 92 valence electrons. The van der Waals surface area contributed by atoms with Gasteiger partial charge in [0.05, 0.1) is 17.3 Å². The fraction of sp³-hybridized carbons (Fsp3) is 0.417. The van der Waals surface area contributed by atoms with Gasteiger partial charge in [0, 0.05) is 12.4 Å². The molecule has 0 radical (unpaired) electrons. The Bertz CT molecular complexity index is 553. The molecule has 0 N–H and O–H groups in total. The molecule has 0 bridgehead atoms. The number of fused-ring (bicyclic) bond motifs is 1. The first-order chi connectivity index (χ1) is 7.80. The number of aromatic nitrogens is 2. The average molecular weight is 242 g/mol. The topological polar surface area (TPSA) is 17.8 Å². The predicted octanol–water partition coefficient (Wildman–Crippen LogP) is 3.72. The van der Waals surface area contributed by atoms with Crippen molar-refractivity contribution in [1.29, 1.82) is 0 Å². The van der Waals surface area contributed by atoms with E-state index in [1.165, 1.54) is 10.7 Å². The average Bonchev–Trinajstić information content (AvgIpc) is 2.57. The van der Waals surface area contributed by atoms with E-state index in [0.29, 0.717) is 11.1 Å². The Morgan fingerprint density at radius 2 is 1.88 bits per heavy atom. The van der Waals surface area contributed by atoms with Crippen LogP contribution in [0.1, 0.15) is 30.9 Å². The van der Waals surface area contributed by atoms with Crippen molar-refractivity contribution in [3.05, 3.63) is 29.5 Å². The molecule has 5 heteroatoms. The quantitative estimate of drug-likeness (QED) is 0.745. The summed E-state index contributed by atoms with van der Waals surface area (Å²) in [6, 6.07) is 2.76. The van der Waals surface area contributed by atoms with Gasteiger partial charge in [0.1, 0.15) is 0 Å². The zero-order valence-electron chi connectivity index (χ0n) is 9.84. The molecule has 1 aromatic carbocycles. The normalized spacial score (nSPS) is 12.6. The van der Waals surface area contributed by atoms with Crippen molar-refractivity contribution in [2.24, 2.45) is 7.05 Å². The van der Waals surface area contributed by atoms with Crippen LogP contribution in [0.25, 0.3) is 10.9 Å². The lowest BCUT2D eigenvalue weighted by atomic mass is 9.95. The summed E-state index contributed by atoms with van der Waals surface area (Å²) in [5.41, 5.74) is 0.253. The first kappa shape index (κ1) is 12.0. The van der Waals surface area contributed by atoms with Crippen molar-refractivity contribution >= 4 is 10.9 Å². The first-order valence-corrected chi connectivity index (χ1v) is 5.33. The molecule has 0 aliphatic rings. The summed E-state index contributed by atoms with van der Waals surface area (Å²) in [7, 11) is 1.64. The van der Waals surface area contributed by atoms with Gasteiger partial charge in [-0.15, -0.1) is 0 Å². The highest BCUT2D eigenvalue weighted by atomic mass is 19.4. The van der Waals surface area contributed by atoms with Gasteiger partial charge in [-0.2, -0.15) is 18.3 Å². The van der Waals surface area contributed by atoms with Gasteiger partial charge in [0.25, 0.3) is 0 Å². The van der Waals surface area contributed by atoms with Gasteiger partial charge in [-0.05, 0) is 23.6 Å². The van der Waals surface area contributed by atoms with E-state index in [2.05, 4.69) is 5.10 Å². The van der Waals surface area contributed by atoms with Crippen LogP contribution < -0.4 is 0 Å². The fourth-order valence-corrected chi connectivity index (χ4v) is 1.94. The second-order valence-electron chi connectivity index (χ2n) is 4.42. The summed E-state index contributed by atoms with van der Waals surface area (Å²) in [5, 5.41) is 4.71. The zero-order chi connectivity index (χ0) is 12.8. The summed E-state index contributed by atoms with van der Waals surface area (Å²) in [4.78, 5) is 0. The van der Waals surface area contributed by atoms with Gasteiger partial charge in [0.2, 0.25) is 0 Å². The number of alkyl halides is 3. The maximum atomic E-state index is 12.9. The van der Waals surface area contributed by atoms with E-state index in [1.54, 1.807) is 33.2 Å². The number of benzene rings is 1. The fourth-order valence-electron chi connectivity index (χ4n) is 1.94. The van der Waals surface area contributed by atoms with Crippen LogP contribution in [0.4, 0.5) is 13.2 Å². The third-order valence-corrected chi connectivity index (χ3v) is 2.84. The second-order valence-corrected chi connectivity index (χ2v) is 4.42. The number of hydrogen-bond donors (Lipinski definition) is 0. The molecule has 0 aliphatic carbocycles. The second kappa shape index (κ2) is 3.75. The van der Waals surface area contributed by atoms with Gasteiger partial charge < -0.3 is 0 Å². The van der Waals surface area contributed by atoms with Gasteiger partial charge in [0.15, 0.2) is 0 Å². The maximum Gasteiger partial charge on any atom is 0.416 e. The summed E-state index contributed by atoms with van der Waals surface area (Å²) in [6.45, 7) is 3.51. The summed E-state index contributed by atoms with van der Waals surface area (Å²) >= 11 is 0. The number of halogens is 3. The molecular formula is C12H13F3N2. The van der Waals surface area contributed by atoms with E-state index in [-0.39, 0.29) is 5.92 Å². The van der Waals surface area contributed by atoms with Gasteiger partial charge in [-0.3, -0.25) is 4.68 Å². The van der Waals surface area contributed by atoms with E-state index in [9.17, 15) is 13.2 Å². The summed E-state index contributed by atoms with van der Waals surface area (Å²) in [5.74, 6) is -0.170. The van der Waals surface area contributed by atoms with Crippen LogP contribution in [-0.2, 0) is 13.2 Å². The third kappa shape index (κ3) is 2.01. The molecule has 1 heterocycles. The monoisotopic (exact) mass is 242 g/mol. The SMILES string of the molecule is CC(C)c1cc2cnn(C)c2cc1C(F)(F)F. The summed E-state index contributed by atoms with van der Waals surface area (Å²) in [6.07, 6.45) is -2.74. The van der Waals surface area contributed by atoms with Crippen LogP contribution >= 0.6 is 0 Å². The predicted molar refractivity (Wildman–Crippen MR) is 59.8 cm³/mol. The molecule has 2 rings (SSSR count). The molecule has 0 atom stereocenters. The van der Waals surface area contributed by atoms with Crippen molar-refractivity contribution in [2.45, 2.75) is 25.9 Å². The molecular weight excluding hydrogens is 229 g/mol. The highest BCUT2D eigenvalue weighted by Crippen LogP contribution is 2.37. The van der Waals surface area contributed by atoms with Gasteiger partial charge in [-0.1, -0.05) is 13.8 Å². The Hall–Kier alpha value is -1.52. The van der Waals surface area contributed by atoms with E-state index < -0.39 is 11.7 Å². The maximum absolute atomic E-state index is 12.9. The highest BCUT2D eigenvalue weighted by molar-refractivity contribution is 5.80. The van der Waals surface area contributed by atoms with Crippen molar-refractivity contribution < 1.29 is 13.2 Å². The van der Waals surface area contributed by atoms with Crippen LogP contribution in [-0.4, -0.2) is 9.78 Å². The molecule has 0 spiro atoms. The Morgan fingerprint density at radius 3 is 2.41 bits per heavy atom. The molecule has 0 saturated carbocycles. The largest absolute Gasteiger partial charge is 0.416 e. The smallest absolute Gasteiger partial charge is 0.268 e. The van der Waals surface area contributed by atoms with Crippen molar-refractivity contribution in [2.75, 3.05) is 0 Å². The molecule has 0 saturated heterocycles. The third-order valence-electron chi connectivity index (χ3n) is 2.84. The van der Waals surface area contributed by atoms with Crippen molar-refractivity contribution in [3.63, 3.8) is 0 Å². The lowest BCUT2D eigenvalue weighted by molar-refractivity contribution is -0.138. The standard InChI is InChI=1S/C12H13F3N2/c1-7(2)9-4-8-6-16-17(3)11(8)5-10(9)12(13,14)15/h4-7H,1-3H3. The van der Waals surface area contributed by atoms with Crippen LogP contribution in [0.5, 0.6) is 0 Å². The van der Waals surface area contributed by atoms with Gasteiger partial charge >= 0.3 is 6.18 Å². The number of nitrogens with zero attached hydrogens (tertiary/aromatic N) is 2. The van der Waals surface area contributed by atoms with Crippen LogP contribution in [0.15, 0.2) is 18.3 Å². The molecule has 0 aliphatic heterocycles. The lowest BCUT2D eigenvalue weighted by Gasteiger charge is -2.15. The lowest BCUT2D eigenvalue weighted by Crippen LogP contribution is -2.10. The minimum Gasteiger partial charge on any atom is -0.268 e. The van der Waals surface area contributed by atoms with Crippen molar-refractivity contribution in [3.8, 4) is 0 Å². The number of rotatable bonds is 1. The number of aryl methyl sites for hydroxylation is 1. The Balaban J connectivity index is 2.77. The van der Waals surface area contributed by atoms with E-state index >= 15 is 0 Å². The Labute approximate surface area is 97.0 Å². The highest BCUT2D eigenvalue weighted by Gasteiger charge is 2.34. The van der Waals surface area contributed by atoms with Crippen LogP contribution in [0.3, 0.4) is 0 Å². The molecule has 1 aromatic heterocycles. The molecule has 2 aromatic rings. The van der Waals surface area contributed by atoms with Gasteiger partial charge in [-0.25, -0.2) is 0 Å². The Morgan fingerprint density at radius 1 is 1.24 bits per heavy atom. The minimum atomic E-state index is -4.32. The first-order valence-electron chi connectivity index (χ1n) is 5.33. The molecule has 0 unspecified atom stereocenters. The van der Waals surface area contributed by atoms with Crippen LogP contribution in [0, 0.1) is 0 Å². The molecule has 0 fully saturated rings.